The fourth-order valence-electron chi connectivity index (χ4n) is 2.13. The number of esters is 1. The standard InChI is InChI=1S/C11H21NO4S/c1-3-17(14,15)9-5-8-12-7-4-6-10(12)11(13)16-2/h10H,3-9H2,1-2H3. The van der Waals surface area contributed by atoms with E-state index in [1.54, 1.807) is 6.92 Å². The average molecular weight is 263 g/mol. The van der Waals surface area contributed by atoms with Crippen molar-refractivity contribution in [2.75, 3.05) is 31.7 Å². The first-order chi connectivity index (χ1) is 8.00. The lowest BCUT2D eigenvalue weighted by atomic mass is 10.2. The molecule has 0 N–H and O–H groups in total. The second-order valence-corrected chi connectivity index (χ2v) is 6.78. The van der Waals surface area contributed by atoms with Gasteiger partial charge in [0.2, 0.25) is 0 Å². The van der Waals surface area contributed by atoms with Gasteiger partial charge >= 0.3 is 5.97 Å². The van der Waals surface area contributed by atoms with Crippen molar-refractivity contribution < 1.29 is 17.9 Å². The first-order valence-electron chi connectivity index (χ1n) is 6.02. The molecule has 0 spiro atoms. The van der Waals surface area contributed by atoms with Crippen molar-refractivity contribution >= 4 is 15.8 Å². The first-order valence-corrected chi connectivity index (χ1v) is 7.84. The number of rotatable bonds is 6. The van der Waals surface area contributed by atoms with E-state index in [4.69, 9.17) is 4.74 Å². The predicted molar refractivity (Wildman–Crippen MR) is 65.6 cm³/mol. The smallest absolute Gasteiger partial charge is 0.323 e. The molecule has 0 aromatic rings. The number of nitrogens with zero attached hydrogens (tertiary/aromatic N) is 1. The summed E-state index contributed by atoms with van der Waals surface area (Å²) >= 11 is 0. The van der Waals surface area contributed by atoms with Crippen LogP contribution in [0.3, 0.4) is 0 Å². The van der Waals surface area contributed by atoms with E-state index in [0.717, 1.165) is 19.4 Å². The van der Waals surface area contributed by atoms with Gasteiger partial charge in [0.1, 0.15) is 15.9 Å². The van der Waals surface area contributed by atoms with Gasteiger partial charge in [0, 0.05) is 5.75 Å². The van der Waals surface area contributed by atoms with Crippen LogP contribution in [-0.4, -0.2) is 57.0 Å². The molecule has 100 valence electrons. The highest BCUT2D eigenvalue weighted by Crippen LogP contribution is 2.18. The fraction of sp³-hybridized carbons (Fsp3) is 0.909. The lowest BCUT2D eigenvalue weighted by Crippen LogP contribution is -2.38. The maximum Gasteiger partial charge on any atom is 0.323 e. The molecule has 0 aromatic heterocycles. The number of sulfone groups is 1. The minimum Gasteiger partial charge on any atom is -0.468 e. The van der Waals surface area contributed by atoms with E-state index in [2.05, 4.69) is 0 Å². The third-order valence-corrected chi connectivity index (χ3v) is 4.97. The van der Waals surface area contributed by atoms with Crippen LogP contribution in [0.1, 0.15) is 26.2 Å². The molecule has 0 aromatic carbocycles. The van der Waals surface area contributed by atoms with Gasteiger partial charge in [-0.05, 0) is 32.4 Å². The molecule has 1 rings (SSSR count). The molecule has 1 saturated heterocycles. The Morgan fingerprint density at radius 1 is 1.47 bits per heavy atom. The van der Waals surface area contributed by atoms with Gasteiger partial charge in [0.05, 0.1) is 12.9 Å². The highest BCUT2D eigenvalue weighted by atomic mass is 32.2. The summed E-state index contributed by atoms with van der Waals surface area (Å²) in [5, 5.41) is 0. The molecule has 1 aliphatic rings. The molecule has 1 fully saturated rings. The van der Waals surface area contributed by atoms with E-state index < -0.39 is 9.84 Å². The number of methoxy groups -OCH3 is 1. The second-order valence-electron chi connectivity index (χ2n) is 4.31. The summed E-state index contributed by atoms with van der Waals surface area (Å²) in [4.78, 5) is 13.5. The quantitative estimate of drug-likeness (QED) is 0.651. The van der Waals surface area contributed by atoms with Gasteiger partial charge in [-0.15, -0.1) is 0 Å². The Morgan fingerprint density at radius 3 is 2.76 bits per heavy atom. The van der Waals surface area contributed by atoms with Gasteiger partial charge in [-0.2, -0.15) is 0 Å². The van der Waals surface area contributed by atoms with Crippen LogP contribution in [0, 0.1) is 0 Å². The summed E-state index contributed by atoms with van der Waals surface area (Å²) in [6, 6.07) is -0.177. The summed E-state index contributed by atoms with van der Waals surface area (Å²) in [7, 11) is -1.51. The van der Waals surface area contributed by atoms with Crippen LogP contribution >= 0.6 is 0 Å². The Bertz CT molecular complexity index is 352. The molecule has 17 heavy (non-hydrogen) atoms. The van der Waals surface area contributed by atoms with Gasteiger partial charge in [-0.3, -0.25) is 9.69 Å². The molecule has 0 amide bonds. The maximum atomic E-state index is 11.5. The third kappa shape index (κ3) is 4.27. The molecule has 1 heterocycles. The van der Waals surface area contributed by atoms with E-state index in [1.807, 2.05) is 4.90 Å². The molecular weight excluding hydrogens is 242 g/mol. The van der Waals surface area contributed by atoms with E-state index in [1.165, 1.54) is 7.11 Å². The summed E-state index contributed by atoms with van der Waals surface area (Å²) in [6.45, 7) is 3.16. The molecule has 1 atom stereocenters. The monoisotopic (exact) mass is 263 g/mol. The number of ether oxygens (including phenoxy) is 1. The SMILES string of the molecule is CCS(=O)(=O)CCCN1CCCC1C(=O)OC. The molecule has 0 aliphatic carbocycles. The lowest BCUT2D eigenvalue weighted by molar-refractivity contribution is -0.145. The van der Waals surface area contributed by atoms with Gasteiger partial charge in [0.15, 0.2) is 0 Å². The summed E-state index contributed by atoms with van der Waals surface area (Å²) in [5.41, 5.74) is 0. The van der Waals surface area contributed by atoms with E-state index in [-0.39, 0.29) is 23.5 Å². The van der Waals surface area contributed by atoms with Crippen LogP contribution in [0.15, 0.2) is 0 Å². The zero-order valence-electron chi connectivity index (χ0n) is 10.5. The molecule has 5 nitrogen and oxygen atoms in total. The van der Waals surface area contributed by atoms with Crippen LogP contribution in [0.2, 0.25) is 0 Å². The number of hydrogen-bond acceptors (Lipinski definition) is 5. The van der Waals surface area contributed by atoms with Gasteiger partial charge in [-0.25, -0.2) is 8.42 Å². The Kier molecular flexibility index (Phi) is 5.39. The highest BCUT2D eigenvalue weighted by molar-refractivity contribution is 7.91. The Morgan fingerprint density at radius 2 is 2.18 bits per heavy atom. The third-order valence-electron chi connectivity index (χ3n) is 3.18. The average Bonchev–Trinajstić information content (AvgIpc) is 2.76. The minimum absolute atomic E-state index is 0.177. The number of likely N-dealkylation sites (tertiary alicyclic amines) is 1. The maximum absolute atomic E-state index is 11.5. The summed E-state index contributed by atoms with van der Waals surface area (Å²) in [5.74, 6) is 0.183. The predicted octanol–water partition coefficient (Wildman–Crippen LogP) is 0.449. The lowest BCUT2D eigenvalue weighted by Gasteiger charge is -2.21. The van der Waals surface area contributed by atoms with Crippen LogP contribution < -0.4 is 0 Å². The van der Waals surface area contributed by atoms with Crippen molar-refractivity contribution in [3.8, 4) is 0 Å². The van der Waals surface area contributed by atoms with Crippen molar-refractivity contribution in [3.63, 3.8) is 0 Å². The van der Waals surface area contributed by atoms with Crippen molar-refractivity contribution in [2.24, 2.45) is 0 Å². The van der Waals surface area contributed by atoms with Crippen LogP contribution in [0.25, 0.3) is 0 Å². The normalized spacial score (nSPS) is 21.6. The molecular formula is C11H21NO4S. The molecule has 0 saturated carbocycles. The number of carbonyl (C=O) groups excluding carboxylic acids is 1. The van der Waals surface area contributed by atoms with Crippen LogP contribution in [0.4, 0.5) is 0 Å². The Balaban J connectivity index is 2.39. The zero-order chi connectivity index (χ0) is 12.9. The van der Waals surface area contributed by atoms with E-state index in [0.29, 0.717) is 13.0 Å². The fourth-order valence-corrected chi connectivity index (χ4v) is 2.99. The van der Waals surface area contributed by atoms with Crippen molar-refractivity contribution in [1.82, 2.24) is 4.90 Å². The Labute approximate surface area is 103 Å². The summed E-state index contributed by atoms with van der Waals surface area (Å²) in [6.07, 6.45) is 2.37. The zero-order valence-corrected chi connectivity index (χ0v) is 11.3. The number of carbonyl (C=O) groups is 1. The minimum atomic E-state index is -2.90. The first kappa shape index (κ1) is 14.4. The molecule has 6 heteroatoms. The van der Waals surface area contributed by atoms with Crippen molar-refractivity contribution in [2.45, 2.75) is 32.2 Å². The Hall–Kier alpha value is -0.620. The van der Waals surface area contributed by atoms with Crippen LogP contribution in [0.5, 0.6) is 0 Å². The van der Waals surface area contributed by atoms with Crippen molar-refractivity contribution in [1.29, 1.82) is 0 Å². The van der Waals surface area contributed by atoms with Crippen LogP contribution in [-0.2, 0) is 19.4 Å². The molecule has 0 bridgehead atoms. The molecule has 1 unspecified atom stereocenters. The van der Waals surface area contributed by atoms with Gasteiger partial charge in [-0.1, -0.05) is 6.92 Å². The molecule has 0 radical (unpaired) electrons. The topological polar surface area (TPSA) is 63.7 Å². The molecule has 1 aliphatic heterocycles. The highest BCUT2D eigenvalue weighted by Gasteiger charge is 2.30. The van der Waals surface area contributed by atoms with Crippen molar-refractivity contribution in [3.05, 3.63) is 0 Å². The van der Waals surface area contributed by atoms with E-state index in [9.17, 15) is 13.2 Å². The largest absolute Gasteiger partial charge is 0.468 e. The summed E-state index contributed by atoms with van der Waals surface area (Å²) < 4.78 is 27.4. The second kappa shape index (κ2) is 6.35. The van der Waals surface area contributed by atoms with Gasteiger partial charge in [0.25, 0.3) is 0 Å². The van der Waals surface area contributed by atoms with Gasteiger partial charge < -0.3 is 4.74 Å². The number of hydrogen-bond donors (Lipinski definition) is 0. The van der Waals surface area contributed by atoms with E-state index >= 15 is 0 Å².